The number of hydrogen-bond donors (Lipinski definition) is 1. The third-order valence-electron chi connectivity index (χ3n) is 3.45. The van der Waals surface area contributed by atoms with Crippen LogP contribution < -0.4 is 10.1 Å². The highest BCUT2D eigenvalue weighted by atomic mass is 19.4. The van der Waals surface area contributed by atoms with Gasteiger partial charge >= 0.3 is 6.18 Å². The van der Waals surface area contributed by atoms with Gasteiger partial charge in [0.25, 0.3) is 0 Å². The smallest absolute Gasteiger partial charge is 0.422 e. The van der Waals surface area contributed by atoms with Gasteiger partial charge in [-0.15, -0.1) is 0 Å². The Balaban J connectivity index is 1.99. The molecule has 1 aromatic carbocycles. The molecular formula is C17H18F3N3O2. The van der Waals surface area contributed by atoms with Gasteiger partial charge in [0.2, 0.25) is 5.91 Å². The minimum Gasteiger partial charge on any atom is -0.484 e. The Morgan fingerprint density at radius 3 is 2.52 bits per heavy atom. The van der Waals surface area contributed by atoms with E-state index in [0.717, 1.165) is 0 Å². The quantitative estimate of drug-likeness (QED) is 0.860. The molecule has 0 bridgehead atoms. The number of rotatable bonds is 6. The lowest BCUT2D eigenvalue weighted by atomic mass is 10.0. The van der Waals surface area contributed by atoms with E-state index >= 15 is 0 Å². The Morgan fingerprint density at radius 1 is 1.24 bits per heavy atom. The highest BCUT2D eigenvalue weighted by Crippen LogP contribution is 2.22. The molecule has 25 heavy (non-hydrogen) atoms. The zero-order valence-corrected chi connectivity index (χ0v) is 13.8. The van der Waals surface area contributed by atoms with Crippen LogP contribution in [0.25, 0.3) is 0 Å². The molecule has 8 heteroatoms. The van der Waals surface area contributed by atoms with Crippen molar-refractivity contribution in [2.45, 2.75) is 32.4 Å². The standard InChI is InChI=1S/C17H18F3N3O2/c1-3-14-21-9-8-15(22-14)23-16(24)11(2)12-4-6-13(7-5-12)25-10-17(18,19)20/h4-9,11H,3,10H2,1-2H3,(H,21,22,23,24). The number of benzene rings is 1. The van der Waals surface area contributed by atoms with Crippen LogP contribution in [0.1, 0.15) is 31.2 Å². The number of nitrogens with one attached hydrogen (secondary N) is 1. The number of aromatic nitrogens is 2. The van der Waals surface area contributed by atoms with Gasteiger partial charge in [0.1, 0.15) is 17.4 Å². The summed E-state index contributed by atoms with van der Waals surface area (Å²) in [7, 11) is 0. The summed E-state index contributed by atoms with van der Waals surface area (Å²) in [5, 5.41) is 2.70. The highest BCUT2D eigenvalue weighted by Gasteiger charge is 2.28. The molecule has 0 radical (unpaired) electrons. The number of carbonyl (C=O) groups is 1. The van der Waals surface area contributed by atoms with Crippen LogP contribution in [0.15, 0.2) is 36.5 Å². The number of anilines is 1. The molecule has 5 nitrogen and oxygen atoms in total. The predicted molar refractivity (Wildman–Crippen MR) is 86.4 cm³/mol. The van der Waals surface area contributed by atoms with Gasteiger partial charge in [0.15, 0.2) is 6.61 Å². The Morgan fingerprint density at radius 2 is 1.92 bits per heavy atom. The first-order valence-corrected chi connectivity index (χ1v) is 7.71. The molecule has 0 fully saturated rings. The van der Waals surface area contributed by atoms with Gasteiger partial charge in [-0.25, -0.2) is 9.97 Å². The molecule has 0 aliphatic heterocycles. The lowest BCUT2D eigenvalue weighted by Crippen LogP contribution is -2.20. The molecule has 1 aromatic heterocycles. The second-order valence-electron chi connectivity index (χ2n) is 5.40. The second-order valence-corrected chi connectivity index (χ2v) is 5.40. The van der Waals surface area contributed by atoms with E-state index in [1.807, 2.05) is 6.92 Å². The van der Waals surface area contributed by atoms with E-state index in [-0.39, 0.29) is 11.7 Å². The van der Waals surface area contributed by atoms with E-state index in [9.17, 15) is 18.0 Å². The van der Waals surface area contributed by atoms with Crippen LogP contribution in [0.2, 0.25) is 0 Å². The minimum absolute atomic E-state index is 0.0945. The number of aryl methyl sites for hydroxylation is 1. The number of ether oxygens (including phenoxy) is 1. The first-order chi connectivity index (χ1) is 11.8. The summed E-state index contributed by atoms with van der Waals surface area (Å²) < 4.78 is 41.0. The van der Waals surface area contributed by atoms with E-state index in [4.69, 9.17) is 0 Å². The van der Waals surface area contributed by atoms with Crippen molar-refractivity contribution in [1.29, 1.82) is 0 Å². The third-order valence-corrected chi connectivity index (χ3v) is 3.45. The molecule has 1 N–H and O–H groups in total. The molecule has 0 saturated carbocycles. The summed E-state index contributed by atoms with van der Waals surface area (Å²) in [6, 6.07) is 7.54. The minimum atomic E-state index is -4.39. The van der Waals surface area contributed by atoms with E-state index in [0.29, 0.717) is 23.6 Å². The predicted octanol–water partition coefficient (Wildman–Crippen LogP) is 3.72. The molecule has 0 aliphatic rings. The number of halogens is 3. The molecule has 2 aromatic rings. The summed E-state index contributed by atoms with van der Waals surface area (Å²) in [4.78, 5) is 20.6. The van der Waals surface area contributed by atoms with Crippen molar-refractivity contribution in [3.05, 3.63) is 47.9 Å². The van der Waals surface area contributed by atoms with E-state index in [2.05, 4.69) is 20.0 Å². The average molecular weight is 353 g/mol. The van der Waals surface area contributed by atoms with E-state index in [1.54, 1.807) is 31.3 Å². The Bertz CT molecular complexity index is 718. The first-order valence-electron chi connectivity index (χ1n) is 7.71. The fourth-order valence-electron chi connectivity index (χ4n) is 2.04. The van der Waals surface area contributed by atoms with Crippen molar-refractivity contribution in [3.8, 4) is 5.75 Å². The normalized spacial score (nSPS) is 12.5. The second kappa shape index (κ2) is 7.96. The number of carbonyl (C=O) groups excluding carboxylic acids is 1. The van der Waals surface area contributed by atoms with Gasteiger partial charge < -0.3 is 10.1 Å². The van der Waals surface area contributed by atoms with Crippen LogP contribution in [-0.4, -0.2) is 28.7 Å². The van der Waals surface area contributed by atoms with Crippen LogP contribution in [0, 0.1) is 0 Å². The van der Waals surface area contributed by atoms with Crippen molar-refractivity contribution in [2.75, 3.05) is 11.9 Å². The maximum absolute atomic E-state index is 12.3. The lowest BCUT2D eigenvalue weighted by molar-refractivity contribution is -0.153. The molecule has 1 atom stereocenters. The Labute approximate surface area is 143 Å². The number of amides is 1. The van der Waals surface area contributed by atoms with Crippen LogP contribution in [0.4, 0.5) is 19.0 Å². The zero-order chi connectivity index (χ0) is 18.4. The highest BCUT2D eigenvalue weighted by molar-refractivity contribution is 5.94. The summed E-state index contributed by atoms with van der Waals surface area (Å²) in [6.07, 6.45) is -2.17. The first kappa shape index (κ1) is 18.7. The number of hydrogen-bond acceptors (Lipinski definition) is 4. The van der Waals surface area contributed by atoms with Crippen molar-refractivity contribution in [2.24, 2.45) is 0 Å². The van der Waals surface area contributed by atoms with E-state index in [1.165, 1.54) is 12.1 Å². The Hall–Kier alpha value is -2.64. The third kappa shape index (κ3) is 5.74. The SMILES string of the molecule is CCc1nccc(NC(=O)C(C)c2ccc(OCC(F)(F)F)cc2)n1. The van der Waals surface area contributed by atoms with Gasteiger partial charge in [-0.05, 0) is 30.7 Å². The van der Waals surface area contributed by atoms with Crippen LogP contribution in [-0.2, 0) is 11.2 Å². The van der Waals surface area contributed by atoms with Gasteiger partial charge in [-0.2, -0.15) is 13.2 Å². The summed E-state index contributed by atoms with van der Waals surface area (Å²) in [5.74, 6) is 0.351. The maximum atomic E-state index is 12.3. The molecule has 0 spiro atoms. The van der Waals surface area contributed by atoms with Gasteiger partial charge in [-0.1, -0.05) is 19.1 Å². The van der Waals surface area contributed by atoms with Gasteiger partial charge in [0.05, 0.1) is 5.92 Å². The molecule has 1 amide bonds. The number of alkyl halides is 3. The fourth-order valence-corrected chi connectivity index (χ4v) is 2.04. The molecule has 2 rings (SSSR count). The molecule has 1 heterocycles. The molecule has 1 unspecified atom stereocenters. The Kier molecular flexibility index (Phi) is 5.95. The topological polar surface area (TPSA) is 64.1 Å². The van der Waals surface area contributed by atoms with Crippen molar-refractivity contribution in [1.82, 2.24) is 9.97 Å². The summed E-state index contributed by atoms with van der Waals surface area (Å²) >= 11 is 0. The van der Waals surface area contributed by atoms with Crippen molar-refractivity contribution < 1.29 is 22.7 Å². The summed E-state index contributed by atoms with van der Waals surface area (Å²) in [6.45, 7) is 2.25. The van der Waals surface area contributed by atoms with Crippen LogP contribution in [0.5, 0.6) is 5.75 Å². The maximum Gasteiger partial charge on any atom is 0.422 e. The van der Waals surface area contributed by atoms with Gasteiger partial charge in [0, 0.05) is 12.6 Å². The summed E-state index contributed by atoms with van der Waals surface area (Å²) in [5.41, 5.74) is 0.654. The van der Waals surface area contributed by atoms with Crippen LogP contribution >= 0.6 is 0 Å². The average Bonchev–Trinajstić information content (AvgIpc) is 2.59. The van der Waals surface area contributed by atoms with Crippen LogP contribution in [0.3, 0.4) is 0 Å². The van der Waals surface area contributed by atoms with Crippen molar-refractivity contribution >= 4 is 11.7 Å². The molecule has 0 aliphatic carbocycles. The zero-order valence-electron chi connectivity index (χ0n) is 13.8. The fraction of sp³-hybridized carbons (Fsp3) is 0.353. The largest absolute Gasteiger partial charge is 0.484 e. The lowest BCUT2D eigenvalue weighted by Gasteiger charge is -2.14. The van der Waals surface area contributed by atoms with E-state index < -0.39 is 18.7 Å². The van der Waals surface area contributed by atoms with Gasteiger partial charge in [-0.3, -0.25) is 4.79 Å². The molecule has 134 valence electrons. The molecule has 0 saturated heterocycles. The molecular weight excluding hydrogens is 335 g/mol. The van der Waals surface area contributed by atoms with Crippen molar-refractivity contribution in [3.63, 3.8) is 0 Å². The number of nitrogens with zero attached hydrogens (tertiary/aromatic N) is 2. The monoisotopic (exact) mass is 353 g/mol.